The van der Waals surface area contributed by atoms with E-state index in [-0.39, 0.29) is 0 Å². The highest BCUT2D eigenvalue weighted by atomic mass is 32.1. The zero-order chi connectivity index (χ0) is 8.97. The normalized spacial score (nSPS) is 10.1. The fraction of sp³-hybridized carbons (Fsp3) is 0.250. The third-order valence-corrected chi connectivity index (χ3v) is 1.99. The molecule has 0 aliphatic heterocycles. The minimum Gasteiger partial charge on any atom is -0.369 e. The molecule has 62 valence electrons. The van der Waals surface area contributed by atoms with Crippen LogP contribution in [0.2, 0.25) is 0 Å². The minimum absolute atomic E-state index is 0.637. The third-order valence-electron chi connectivity index (χ3n) is 1.17. The Labute approximate surface area is 75.6 Å². The lowest BCUT2D eigenvalue weighted by atomic mass is 10.4. The van der Waals surface area contributed by atoms with Crippen molar-refractivity contribution in [2.75, 3.05) is 14.1 Å². The van der Waals surface area contributed by atoms with E-state index in [2.05, 4.69) is 11.1 Å². The Morgan fingerprint density at radius 2 is 2.42 bits per heavy atom. The summed E-state index contributed by atoms with van der Waals surface area (Å²) in [7, 11) is 3.78. The number of hydrogen-bond donors (Lipinski definition) is 0. The molecule has 0 unspecified atom stereocenters. The first-order valence-corrected chi connectivity index (χ1v) is 4.30. The summed E-state index contributed by atoms with van der Waals surface area (Å²) >= 11 is 1.47. The quantitative estimate of drug-likeness (QED) is 0.513. The molecule has 0 spiro atoms. The molecule has 0 fully saturated rings. The molecule has 1 aromatic heterocycles. The van der Waals surface area contributed by atoms with Crippen molar-refractivity contribution < 1.29 is 0 Å². The molecule has 1 heterocycles. The van der Waals surface area contributed by atoms with Crippen molar-refractivity contribution in [2.45, 2.75) is 0 Å². The molecule has 0 bridgehead atoms. The van der Waals surface area contributed by atoms with Crippen LogP contribution in [0.4, 0.5) is 5.00 Å². The zero-order valence-corrected chi connectivity index (χ0v) is 7.80. The monoisotopic (exact) mass is 179 g/mol. The Morgan fingerprint density at radius 3 is 3.00 bits per heavy atom. The van der Waals surface area contributed by atoms with Gasteiger partial charge < -0.3 is 4.90 Å². The number of nitriles is 1. The van der Waals surface area contributed by atoms with E-state index in [9.17, 15) is 0 Å². The fourth-order valence-electron chi connectivity index (χ4n) is 0.654. The van der Waals surface area contributed by atoms with E-state index in [1.54, 1.807) is 12.4 Å². The van der Waals surface area contributed by atoms with Gasteiger partial charge in [0.25, 0.3) is 0 Å². The first-order chi connectivity index (χ1) is 5.74. The lowest BCUT2D eigenvalue weighted by Gasteiger charge is -2.00. The maximum Gasteiger partial charge on any atom is 0.135 e. The lowest BCUT2D eigenvalue weighted by molar-refractivity contribution is 0.643. The predicted molar refractivity (Wildman–Crippen MR) is 50.9 cm³/mol. The number of hydrogen-bond acceptors (Lipinski definition) is 3. The molecule has 0 aliphatic carbocycles. The molecule has 0 radical (unpaired) electrons. The van der Waals surface area contributed by atoms with Gasteiger partial charge in [0.1, 0.15) is 11.1 Å². The summed E-state index contributed by atoms with van der Waals surface area (Å²) in [6, 6.07) is 3.85. The number of thiophene rings is 1. The van der Waals surface area contributed by atoms with Crippen LogP contribution in [0.15, 0.2) is 16.4 Å². The highest BCUT2D eigenvalue weighted by Gasteiger charge is 1.99. The summed E-state index contributed by atoms with van der Waals surface area (Å²) < 4.78 is 0. The molecule has 0 N–H and O–H groups in total. The first kappa shape index (κ1) is 8.75. The second kappa shape index (κ2) is 3.88. The molecule has 0 aliphatic rings. The molecule has 0 amide bonds. The maximum absolute atomic E-state index is 8.64. The average Bonchev–Trinajstić information content (AvgIpc) is 2.47. The number of rotatable bonds is 2. The van der Waals surface area contributed by atoms with E-state index in [0.717, 1.165) is 5.00 Å². The third kappa shape index (κ3) is 2.07. The van der Waals surface area contributed by atoms with Crippen LogP contribution in [0.5, 0.6) is 0 Å². The van der Waals surface area contributed by atoms with E-state index in [1.165, 1.54) is 11.3 Å². The van der Waals surface area contributed by atoms with Gasteiger partial charge in [0, 0.05) is 14.1 Å². The van der Waals surface area contributed by atoms with Gasteiger partial charge in [0.2, 0.25) is 0 Å². The van der Waals surface area contributed by atoms with E-state index >= 15 is 0 Å². The molecule has 3 nitrogen and oxygen atoms in total. The summed E-state index contributed by atoms with van der Waals surface area (Å²) in [5.41, 5.74) is 0.637. The molecule has 1 rings (SSSR count). The second-order valence-electron chi connectivity index (χ2n) is 2.46. The highest BCUT2D eigenvalue weighted by Crippen LogP contribution is 2.24. The second-order valence-corrected chi connectivity index (χ2v) is 3.35. The van der Waals surface area contributed by atoms with Gasteiger partial charge in [0.05, 0.1) is 11.9 Å². The highest BCUT2D eigenvalue weighted by molar-refractivity contribution is 7.14. The van der Waals surface area contributed by atoms with Gasteiger partial charge in [-0.25, -0.2) is 4.99 Å². The SMILES string of the molecule is CN(C)C=Nc1sccc1C#N. The van der Waals surface area contributed by atoms with Crippen molar-refractivity contribution in [3.05, 3.63) is 17.0 Å². The molecule has 0 aromatic carbocycles. The molecule has 0 saturated heterocycles. The minimum atomic E-state index is 0.637. The smallest absolute Gasteiger partial charge is 0.135 e. The van der Waals surface area contributed by atoms with Gasteiger partial charge in [-0.1, -0.05) is 0 Å². The van der Waals surface area contributed by atoms with Gasteiger partial charge in [-0.3, -0.25) is 0 Å². The molecule has 4 heteroatoms. The van der Waals surface area contributed by atoms with E-state index in [1.807, 2.05) is 24.4 Å². The standard InChI is InChI=1S/C8H9N3S/c1-11(2)6-10-8-7(5-9)3-4-12-8/h3-4,6H,1-2H3. The van der Waals surface area contributed by atoms with Gasteiger partial charge in [-0.2, -0.15) is 5.26 Å². The van der Waals surface area contributed by atoms with Crippen molar-refractivity contribution >= 4 is 22.7 Å². The van der Waals surface area contributed by atoms with Crippen LogP contribution in [0.25, 0.3) is 0 Å². The Balaban J connectivity index is 2.83. The van der Waals surface area contributed by atoms with Crippen LogP contribution < -0.4 is 0 Å². The van der Waals surface area contributed by atoms with E-state index < -0.39 is 0 Å². The van der Waals surface area contributed by atoms with Crippen LogP contribution >= 0.6 is 11.3 Å². The molecule has 0 saturated carbocycles. The van der Waals surface area contributed by atoms with E-state index in [0.29, 0.717) is 5.56 Å². The summed E-state index contributed by atoms with van der Waals surface area (Å²) in [5.74, 6) is 0. The lowest BCUT2D eigenvalue weighted by Crippen LogP contribution is -2.06. The topological polar surface area (TPSA) is 39.4 Å². The Bertz CT molecular complexity index is 319. The van der Waals surface area contributed by atoms with Gasteiger partial charge in [0.15, 0.2) is 0 Å². The molecule has 0 atom stereocenters. The maximum atomic E-state index is 8.64. The predicted octanol–water partition coefficient (Wildman–Crippen LogP) is 1.84. The van der Waals surface area contributed by atoms with Crippen LogP contribution in [-0.2, 0) is 0 Å². The molecule has 12 heavy (non-hydrogen) atoms. The summed E-state index contributed by atoms with van der Waals surface area (Å²) in [6.45, 7) is 0. The van der Waals surface area contributed by atoms with Crippen molar-refractivity contribution in [3.8, 4) is 6.07 Å². The Hall–Kier alpha value is -1.34. The van der Waals surface area contributed by atoms with Crippen LogP contribution in [-0.4, -0.2) is 25.3 Å². The van der Waals surface area contributed by atoms with Crippen molar-refractivity contribution in [1.29, 1.82) is 5.26 Å². The summed E-state index contributed by atoms with van der Waals surface area (Å²) in [6.07, 6.45) is 1.69. The van der Waals surface area contributed by atoms with Gasteiger partial charge in [-0.05, 0) is 11.4 Å². The largest absolute Gasteiger partial charge is 0.369 e. The summed E-state index contributed by atoms with van der Waals surface area (Å²) in [5, 5.41) is 11.3. The first-order valence-electron chi connectivity index (χ1n) is 3.42. The van der Waals surface area contributed by atoms with Crippen LogP contribution in [0.3, 0.4) is 0 Å². The number of nitrogens with zero attached hydrogens (tertiary/aromatic N) is 3. The van der Waals surface area contributed by atoms with Crippen molar-refractivity contribution in [2.24, 2.45) is 4.99 Å². The Kier molecular flexibility index (Phi) is 2.83. The van der Waals surface area contributed by atoms with Crippen molar-refractivity contribution in [1.82, 2.24) is 4.90 Å². The van der Waals surface area contributed by atoms with Crippen LogP contribution in [0, 0.1) is 11.3 Å². The van der Waals surface area contributed by atoms with E-state index in [4.69, 9.17) is 5.26 Å². The fourth-order valence-corrected chi connectivity index (χ4v) is 1.34. The molecular weight excluding hydrogens is 170 g/mol. The Morgan fingerprint density at radius 1 is 1.67 bits per heavy atom. The average molecular weight is 179 g/mol. The zero-order valence-electron chi connectivity index (χ0n) is 6.98. The molecule has 1 aromatic rings. The van der Waals surface area contributed by atoms with Gasteiger partial charge in [-0.15, -0.1) is 11.3 Å². The van der Waals surface area contributed by atoms with Crippen molar-refractivity contribution in [3.63, 3.8) is 0 Å². The molecular formula is C8H9N3S. The number of aliphatic imine (C=N–C) groups is 1. The summed E-state index contributed by atoms with van der Waals surface area (Å²) in [4.78, 5) is 5.97. The van der Waals surface area contributed by atoms with Crippen LogP contribution in [0.1, 0.15) is 5.56 Å². The van der Waals surface area contributed by atoms with Gasteiger partial charge >= 0.3 is 0 Å².